The summed E-state index contributed by atoms with van der Waals surface area (Å²) >= 11 is 0. The number of fused-ring (bicyclic) bond motifs is 3. The highest BCUT2D eigenvalue weighted by molar-refractivity contribution is 6.05. The van der Waals surface area contributed by atoms with E-state index in [4.69, 9.17) is 10.9 Å². The number of hydrogen-bond donors (Lipinski definition) is 3. The first kappa shape index (κ1) is 14.2. The number of nitrogen functional groups attached to an aromatic ring is 1. The molecule has 3 rings (SSSR count). The molecule has 0 aliphatic heterocycles. The molecule has 114 valence electrons. The number of imidazole rings is 1. The molecular formula is C14H16N6O2. The van der Waals surface area contributed by atoms with Crippen molar-refractivity contribution in [2.45, 2.75) is 26.0 Å². The topological polar surface area (TPSA) is 122 Å². The maximum Gasteiger partial charge on any atom is 0.156 e. The Morgan fingerprint density at radius 2 is 2.14 bits per heavy atom. The number of oxime groups is 1. The Kier molecular flexibility index (Phi) is 3.18. The first-order chi connectivity index (χ1) is 10.4. The molecule has 0 aliphatic carbocycles. The summed E-state index contributed by atoms with van der Waals surface area (Å²) in [6, 6.07) is 3.58. The van der Waals surface area contributed by atoms with E-state index in [2.05, 4.69) is 20.1 Å². The second-order valence-electron chi connectivity index (χ2n) is 5.68. The predicted octanol–water partition coefficient (Wildman–Crippen LogP) is 1.14. The SMILES string of the molecule is CC(C)(O)Cn1c(/C=N/O)nc2c(N)nc3cccnc3c21. The van der Waals surface area contributed by atoms with Crippen molar-refractivity contribution in [1.82, 2.24) is 19.5 Å². The fourth-order valence-electron chi connectivity index (χ4n) is 2.44. The highest BCUT2D eigenvalue weighted by Gasteiger charge is 2.22. The van der Waals surface area contributed by atoms with Crippen LogP contribution in [0.25, 0.3) is 22.1 Å². The van der Waals surface area contributed by atoms with Crippen LogP contribution in [-0.4, -0.2) is 41.6 Å². The predicted molar refractivity (Wildman–Crippen MR) is 82.9 cm³/mol. The molecule has 0 amide bonds. The first-order valence-electron chi connectivity index (χ1n) is 6.71. The zero-order chi connectivity index (χ0) is 15.9. The van der Waals surface area contributed by atoms with Gasteiger partial charge in [-0.2, -0.15) is 0 Å². The Hall–Kier alpha value is -2.74. The molecule has 0 saturated heterocycles. The van der Waals surface area contributed by atoms with Gasteiger partial charge in [-0.1, -0.05) is 5.16 Å². The van der Waals surface area contributed by atoms with Gasteiger partial charge in [0.2, 0.25) is 0 Å². The van der Waals surface area contributed by atoms with Crippen LogP contribution in [0.1, 0.15) is 19.7 Å². The Labute approximate surface area is 125 Å². The van der Waals surface area contributed by atoms with Gasteiger partial charge in [-0.15, -0.1) is 0 Å². The van der Waals surface area contributed by atoms with E-state index in [1.807, 2.05) is 0 Å². The summed E-state index contributed by atoms with van der Waals surface area (Å²) in [5.74, 6) is 0.629. The third kappa shape index (κ3) is 2.33. The van der Waals surface area contributed by atoms with E-state index in [0.29, 0.717) is 27.9 Å². The number of aliphatic hydroxyl groups is 1. The summed E-state index contributed by atoms with van der Waals surface area (Å²) in [7, 11) is 0. The smallest absolute Gasteiger partial charge is 0.156 e. The lowest BCUT2D eigenvalue weighted by molar-refractivity contribution is 0.0625. The van der Waals surface area contributed by atoms with Gasteiger partial charge in [-0.25, -0.2) is 9.97 Å². The van der Waals surface area contributed by atoms with Gasteiger partial charge < -0.3 is 20.6 Å². The number of aromatic nitrogens is 4. The van der Waals surface area contributed by atoms with Crippen molar-refractivity contribution < 1.29 is 10.3 Å². The van der Waals surface area contributed by atoms with Crippen molar-refractivity contribution in [3.8, 4) is 0 Å². The average molecular weight is 300 g/mol. The van der Waals surface area contributed by atoms with Gasteiger partial charge in [0, 0.05) is 6.20 Å². The normalized spacial score (nSPS) is 12.7. The van der Waals surface area contributed by atoms with Crippen molar-refractivity contribution in [1.29, 1.82) is 0 Å². The third-order valence-electron chi connectivity index (χ3n) is 3.21. The standard InChI is InChI=1S/C14H16N6O2/c1-14(2,21)7-20-9(6-17-22)19-11-12(20)10-8(18-13(11)15)4-3-5-16-10/h3-6,21-22H,7H2,1-2H3,(H2,15,18)/b17-6+. The Morgan fingerprint density at radius 1 is 1.36 bits per heavy atom. The molecule has 3 heterocycles. The molecule has 22 heavy (non-hydrogen) atoms. The van der Waals surface area contributed by atoms with Crippen LogP contribution in [0.15, 0.2) is 23.5 Å². The minimum Gasteiger partial charge on any atom is -0.411 e. The van der Waals surface area contributed by atoms with E-state index in [1.54, 1.807) is 36.7 Å². The molecule has 0 fully saturated rings. The highest BCUT2D eigenvalue weighted by Crippen LogP contribution is 2.28. The molecule has 8 heteroatoms. The van der Waals surface area contributed by atoms with Gasteiger partial charge in [-0.05, 0) is 26.0 Å². The molecular weight excluding hydrogens is 284 g/mol. The summed E-state index contributed by atoms with van der Waals surface area (Å²) in [6.45, 7) is 3.59. The Balaban J connectivity index is 2.44. The van der Waals surface area contributed by atoms with Gasteiger partial charge in [0.25, 0.3) is 0 Å². The minimum atomic E-state index is -0.995. The van der Waals surface area contributed by atoms with Gasteiger partial charge in [-0.3, -0.25) is 4.98 Å². The summed E-state index contributed by atoms with van der Waals surface area (Å²) in [4.78, 5) is 13.0. The molecule has 3 aromatic heterocycles. The second-order valence-corrected chi connectivity index (χ2v) is 5.68. The number of anilines is 1. The van der Waals surface area contributed by atoms with E-state index in [-0.39, 0.29) is 12.4 Å². The first-order valence-corrected chi connectivity index (χ1v) is 6.71. The fourth-order valence-corrected chi connectivity index (χ4v) is 2.44. The molecule has 0 bridgehead atoms. The van der Waals surface area contributed by atoms with Crippen molar-refractivity contribution in [3.63, 3.8) is 0 Å². The zero-order valence-corrected chi connectivity index (χ0v) is 12.2. The van der Waals surface area contributed by atoms with Gasteiger partial charge in [0.05, 0.1) is 17.7 Å². The summed E-state index contributed by atoms with van der Waals surface area (Å²) in [5, 5.41) is 22.0. The number of pyridine rings is 2. The van der Waals surface area contributed by atoms with E-state index in [9.17, 15) is 5.11 Å². The summed E-state index contributed by atoms with van der Waals surface area (Å²) < 4.78 is 1.72. The van der Waals surface area contributed by atoms with E-state index in [1.165, 1.54) is 6.21 Å². The van der Waals surface area contributed by atoms with Gasteiger partial charge in [0.15, 0.2) is 11.6 Å². The van der Waals surface area contributed by atoms with Crippen LogP contribution >= 0.6 is 0 Å². The van der Waals surface area contributed by atoms with Gasteiger partial charge >= 0.3 is 0 Å². The Morgan fingerprint density at radius 3 is 2.82 bits per heavy atom. The van der Waals surface area contributed by atoms with Crippen LogP contribution in [-0.2, 0) is 6.54 Å². The van der Waals surface area contributed by atoms with Crippen LogP contribution < -0.4 is 5.73 Å². The third-order valence-corrected chi connectivity index (χ3v) is 3.21. The maximum absolute atomic E-state index is 10.2. The number of hydrogen-bond acceptors (Lipinski definition) is 7. The molecule has 0 radical (unpaired) electrons. The fraction of sp³-hybridized carbons (Fsp3) is 0.286. The maximum atomic E-state index is 10.2. The van der Waals surface area contributed by atoms with Crippen LogP contribution in [0.5, 0.6) is 0 Å². The molecule has 0 atom stereocenters. The van der Waals surface area contributed by atoms with Crippen LogP contribution in [0.2, 0.25) is 0 Å². The van der Waals surface area contributed by atoms with Crippen molar-refractivity contribution in [3.05, 3.63) is 24.2 Å². The number of nitrogens with two attached hydrogens (primary N) is 1. The van der Waals surface area contributed by atoms with E-state index >= 15 is 0 Å². The lowest BCUT2D eigenvalue weighted by Crippen LogP contribution is -2.27. The summed E-state index contributed by atoms with van der Waals surface area (Å²) in [5.41, 5.74) is 7.36. The lowest BCUT2D eigenvalue weighted by atomic mass is 10.1. The lowest BCUT2D eigenvalue weighted by Gasteiger charge is -2.19. The second kappa shape index (κ2) is 4.92. The highest BCUT2D eigenvalue weighted by atomic mass is 16.4. The van der Waals surface area contributed by atoms with E-state index < -0.39 is 5.60 Å². The summed E-state index contributed by atoms with van der Waals surface area (Å²) in [6.07, 6.45) is 2.85. The number of rotatable bonds is 3. The molecule has 0 spiro atoms. The Bertz CT molecular complexity index is 878. The molecule has 3 aromatic rings. The van der Waals surface area contributed by atoms with Crippen LogP contribution in [0.4, 0.5) is 5.82 Å². The van der Waals surface area contributed by atoms with E-state index in [0.717, 1.165) is 0 Å². The van der Waals surface area contributed by atoms with Crippen molar-refractivity contribution in [2.24, 2.45) is 5.16 Å². The molecule has 0 aromatic carbocycles. The average Bonchev–Trinajstić information content (AvgIpc) is 2.77. The molecule has 8 nitrogen and oxygen atoms in total. The van der Waals surface area contributed by atoms with Crippen LogP contribution in [0.3, 0.4) is 0 Å². The van der Waals surface area contributed by atoms with Crippen molar-refractivity contribution in [2.75, 3.05) is 5.73 Å². The quantitative estimate of drug-likeness (QED) is 0.379. The largest absolute Gasteiger partial charge is 0.411 e. The minimum absolute atomic E-state index is 0.236. The number of nitrogens with zero attached hydrogens (tertiary/aromatic N) is 5. The monoisotopic (exact) mass is 300 g/mol. The van der Waals surface area contributed by atoms with Crippen molar-refractivity contribution >= 4 is 34.1 Å². The molecule has 0 aliphatic rings. The molecule has 0 unspecified atom stereocenters. The zero-order valence-electron chi connectivity index (χ0n) is 12.2. The molecule has 0 saturated carbocycles. The van der Waals surface area contributed by atoms with Gasteiger partial charge in [0.1, 0.15) is 22.8 Å². The molecule has 4 N–H and O–H groups in total. The van der Waals surface area contributed by atoms with Crippen LogP contribution in [0, 0.1) is 0 Å².